The summed E-state index contributed by atoms with van der Waals surface area (Å²) in [6.45, 7) is 4.27. The first-order valence-electron chi connectivity index (χ1n) is 11.5. The highest BCUT2D eigenvalue weighted by molar-refractivity contribution is 5.92. The molecule has 0 saturated heterocycles. The van der Waals surface area contributed by atoms with Crippen molar-refractivity contribution in [2.75, 3.05) is 0 Å². The van der Waals surface area contributed by atoms with E-state index in [-0.39, 0.29) is 30.7 Å². The maximum absolute atomic E-state index is 13.8. The highest BCUT2D eigenvalue weighted by Gasteiger charge is 2.39. The summed E-state index contributed by atoms with van der Waals surface area (Å²) in [5, 5.41) is 7.09. The molecule has 9 heteroatoms. The molecule has 1 unspecified atom stereocenters. The zero-order valence-corrected chi connectivity index (χ0v) is 19.3. The number of fused-ring (bicyclic) bond motifs is 1. The first kappa shape index (κ1) is 23.4. The summed E-state index contributed by atoms with van der Waals surface area (Å²) < 4.78 is 29.1. The molecule has 3 aromatic rings. The molecule has 4 rings (SSSR count). The maximum atomic E-state index is 13.8. The van der Waals surface area contributed by atoms with Crippen LogP contribution in [0.1, 0.15) is 79.9 Å². The van der Waals surface area contributed by atoms with Gasteiger partial charge in [0.05, 0.1) is 17.1 Å². The van der Waals surface area contributed by atoms with Gasteiger partial charge in [-0.25, -0.2) is 13.8 Å². The minimum atomic E-state index is -2.65. The molecule has 1 fully saturated rings. The predicted octanol–water partition coefficient (Wildman–Crippen LogP) is 4.64. The molecule has 1 aliphatic rings. The Kier molecular flexibility index (Phi) is 6.52. The molecule has 0 aliphatic heterocycles. The van der Waals surface area contributed by atoms with Gasteiger partial charge in [-0.05, 0) is 54.9 Å². The van der Waals surface area contributed by atoms with Gasteiger partial charge in [0.15, 0.2) is 0 Å². The molecule has 2 aromatic heterocycles. The van der Waals surface area contributed by atoms with Crippen LogP contribution in [0.3, 0.4) is 0 Å². The number of hydrogen-bond donors (Lipinski definition) is 3. The van der Waals surface area contributed by atoms with Crippen molar-refractivity contribution in [1.82, 2.24) is 25.1 Å². The number of nitrogens with one attached hydrogen (secondary N) is 2. The van der Waals surface area contributed by atoms with Gasteiger partial charge in [-0.3, -0.25) is 9.48 Å². The van der Waals surface area contributed by atoms with Gasteiger partial charge in [0, 0.05) is 32.1 Å². The van der Waals surface area contributed by atoms with Crippen LogP contribution in [0.2, 0.25) is 0 Å². The van der Waals surface area contributed by atoms with E-state index < -0.39 is 12.0 Å². The van der Waals surface area contributed by atoms with Crippen LogP contribution < -0.4 is 11.1 Å². The van der Waals surface area contributed by atoms with Crippen LogP contribution in [-0.4, -0.2) is 31.6 Å². The van der Waals surface area contributed by atoms with Crippen LogP contribution in [0.4, 0.5) is 8.78 Å². The van der Waals surface area contributed by atoms with Crippen molar-refractivity contribution in [3.63, 3.8) is 0 Å². The molecule has 0 radical (unpaired) electrons. The lowest BCUT2D eigenvalue weighted by Crippen LogP contribution is -2.38. The summed E-state index contributed by atoms with van der Waals surface area (Å²) in [7, 11) is 1.69. The topological polar surface area (TPSA) is 102 Å². The minimum absolute atomic E-state index is 0.0875. The van der Waals surface area contributed by atoms with Crippen molar-refractivity contribution in [3.05, 3.63) is 47.5 Å². The second-order valence-electron chi connectivity index (χ2n) is 9.62. The smallest absolute Gasteiger partial charge is 0.270 e. The largest absolute Gasteiger partial charge is 0.340 e. The van der Waals surface area contributed by atoms with Gasteiger partial charge in [-0.1, -0.05) is 19.9 Å². The third kappa shape index (κ3) is 5.24. The zero-order chi connectivity index (χ0) is 23.8. The van der Waals surface area contributed by atoms with Crippen LogP contribution in [0.15, 0.2) is 30.5 Å². The van der Waals surface area contributed by atoms with Crippen LogP contribution >= 0.6 is 0 Å². The van der Waals surface area contributed by atoms with E-state index in [9.17, 15) is 13.6 Å². The van der Waals surface area contributed by atoms with E-state index in [4.69, 9.17) is 10.7 Å². The Balaban J connectivity index is 1.64. The first-order valence-corrected chi connectivity index (χ1v) is 11.5. The van der Waals surface area contributed by atoms with Crippen molar-refractivity contribution in [2.45, 2.75) is 64.0 Å². The number of imidazole rings is 1. The molecule has 178 valence electrons. The summed E-state index contributed by atoms with van der Waals surface area (Å²) in [4.78, 5) is 21.0. The average molecular weight is 459 g/mol. The lowest BCUT2D eigenvalue weighted by Gasteiger charge is -2.33. The molecule has 1 aromatic carbocycles. The summed E-state index contributed by atoms with van der Waals surface area (Å²) in [5.41, 5.74) is 9.34. The second kappa shape index (κ2) is 9.21. The SMILES string of the molecule is CC(C)CC(N)c1ccc2[nH]c([C@@H](NC(=O)c3ccnn3C)C3CCC(F)(F)CC3)nc2c1. The molecular weight excluding hydrogens is 426 g/mol. The second-order valence-corrected chi connectivity index (χ2v) is 9.62. The molecule has 0 spiro atoms. The summed E-state index contributed by atoms with van der Waals surface area (Å²) in [5.74, 6) is -2.06. The number of carbonyl (C=O) groups excluding carboxylic acids is 1. The van der Waals surface area contributed by atoms with Gasteiger partial charge in [0.1, 0.15) is 11.5 Å². The molecule has 1 amide bonds. The molecule has 2 atom stereocenters. The molecule has 0 bridgehead atoms. The van der Waals surface area contributed by atoms with Crippen molar-refractivity contribution in [1.29, 1.82) is 0 Å². The van der Waals surface area contributed by atoms with E-state index in [1.165, 1.54) is 4.68 Å². The Labute approximate surface area is 192 Å². The highest BCUT2D eigenvalue weighted by Crippen LogP contribution is 2.41. The van der Waals surface area contributed by atoms with Crippen molar-refractivity contribution >= 4 is 16.9 Å². The maximum Gasteiger partial charge on any atom is 0.270 e. The lowest BCUT2D eigenvalue weighted by atomic mass is 9.81. The van der Waals surface area contributed by atoms with E-state index in [0.29, 0.717) is 30.3 Å². The fourth-order valence-electron chi connectivity index (χ4n) is 4.68. The van der Waals surface area contributed by atoms with Gasteiger partial charge in [-0.2, -0.15) is 5.10 Å². The van der Waals surface area contributed by atoms with Gasteiger partial charge in [0.25, 0.3) is 5.91 Å². The fourth-order valence-corrected chi connectivity index (χ4v) is 4.68. The number of alkyl halides is 2. The standard InChI is InChI=1S/C24H32F2N6O/c1-14(2)12-17(27)16-4-5-18-19(13-16)30-22(29-18)21(15-6-9-24(25,26)10-7-15)31-23(33)20-8-11-28-32(20)3/h4-5,8,11,13-15,17,21H,6-7,9-10,12,27H2,1-3H3,(H,29,30)(H,31,33)/t17?,21-/m0/s1. The van der Waals surface area contributed by atoms with E-state index in [1.807, 2.05) is 18.2 Å². The number of hydrogen-bond acceptors (Lipinski definition) is 4. The number of aromatic amines is 1. The van der Waals surface area contributed by atoms with Crippen LogP contribution in [0, 0.1) is 11.8 Å². The number of carbonyl (C=O) groups is 1. The van der Waals surface area contributed by atoms with E-state index in [2.05, 4.69) is 29.2 Å². The Hall–Kier alpha value is -2.81. The third-order valence-electron chi connectivity index (χ3n) is 6.55. The minimum Gasteiger partial charge on any atom is -0.340 e. The summed E-state index contributed by atoms with van der Waals surface area (Å²) in [6, 6.07) is 6.93. The Morgan fingerprint density at radius 1 is 1.30 bits per heavy atom. The number of aromatic nitrogens is 4. The Morgan fingerprint density at radius 2 is 2.03 bits per heavy atom. The summed E-state index contributed by atoms with van der Waals surface area (Å²) in [6.07, 6.45) is 2.65. The van der Waals surface area contributed by atoms with Gasteiger partial charge in [-0.15, -0.1) is 0 Å². The lowest BCUT2D eigenvalue weighted by molar-refractivity contribution is -0.0496. The van der Waals surface area contributed by atoms with Crippen molar-refractivity contribution < 1.29 is 13.6 Å². The predicted molar refractivity (Wildman–Crippen MR) is 123 cm³/mol. The molecule has 4 N–H and O–H groups in total. The highest BCUT2D eigenvalue weighted by atomic mass is 19.3. The normalized spacial score (nSPS) is 18.5. The Morgan fingerprint density at radius 3 is 2.67 bits per heavy atom. The van der Waals surface area contributed by atoms with Crippen molar-refractivity contribution in [2.24, 2.45) is 24.6 Å². The monoisotopic (exact) mass is 458 g/mol. The zero-order valence-electron chi connectivity index (χ0n) is 19.3. The number of nitrogens with zero attached hydrogens (tertiary/aromatic N) is 3. The number of nitrogens with two attached hydrogens (primary N) is 1. The molecular formula is C24H32F2N6O. The van der Waals surface area contributed by atoms with E-state index in [1.54, 1.807) is 19.3 Å². The number of aryl methyl sites for hydroxylation is 1. The van der Waals surface area contributed by atoms with Gasteiger partial charge >= 0.3 is 0 Å². The van der Waals surface area contributed by atoms with E-state index in [0.717, 1.165) is 23.0 Å². The quantitative estimate of drug-likeness (QED) is 0.480. The fraction of sp³-hybridized carbons (Fsp3) is 0.542. The number of amides is 1. The molecule has 2 heterocycles. The molecule has 1 aliphatic carbocycles. The van der Waals surface area contributed by atoms with Crippen LogP contribution in [0.5, 0.6) is 0 Å². The average Bonchev–Trinajstić information content (AvgIpc) is 3.37. The number of halogens is 2. The number of rotatable bonds is 7. The molecule has 1 saturated carbocycles. The third-order valence-corrected chi connectivity index (χ3v) is 6.55. The molecule has 33 heavy (non-hydrogen) atoms. The number of H-pyrrole nitrogens is 1. The van der Waals surface area contributed by atoms with Gasteiger partial charge in [0.2, 0.25) is 5.92 Å². The Bertz CT molecular complexity index is 1110. The van der Waals surface area contributed by atoms with Crippen LogP contribution in [0.25, 0.3) is 11.0 Å². The summed E-state index contributed by atoms with van der Waals surface area (Å²) >= 11 is 0. The first-order chi connectivity index (χ1) is 15.6. The van der Waals surface area contributed by atoms with Gasteiger partial charge < -0.3 is 16.0 Å². The van der Waals surface area contributed by atoms with E-state index >= 15 is 0 Å². The van der Waals surface area contributed by atoms with Crippen molar-refractivity contribution in [3.8, 4) is 0 Å². The van der Waals surface area contributed by atoms with Crippen LogP contribution in [-0.2, 0) is 7.05 Å². The number of benzene rings is 1. The molecule has 7 nitrogen and oxygen atoms in total.